The van der Waals surface area contributed by atoms with E-state index in [4.69, 9.17) is 5.11 Å². The highest BCUT2D eigenvalue weighted by molar-refractivity contribution is 5.29. The summed E-state index contributed by atoms with van der Waals surface area (Å²) in [7, 11) is 1.81. The van der Waals surface area contributed by atoms with Gasteiger partial charge in [-0.1, -0.05) is 0 Å². The lowest BCUT2D eigenvalue weighted by Gasteiger charge is -2.05. The first-order valence-corrected chi connectivity index (χ1v) is 5.42. The molecule has 0 unspecified atom stereocenters. The summed E-state index contributed by atoms with van der Waals surface area (Å²) in [5.74, 6) is -2.85. The SMILES string of the molecule is Cn1ccc(CNCc2cc(F)c(O)c(F)c2)n1. The van der Waals surface area contributed by atoms with Crippen LogP contribution in [0.4, 0.5) is 8.78 Å². The highest BCUT2D eigenvalue weighted by Crippen LogP contribution is 2.21. The molecule has 2 aromatic rings. The van der Waals surface area contributed by atoms with Gasteiger partial charge in [-0.15, -0.1) is 0 Å². The summed E-state index contributed by atoms with van der Waals surface area (Å²) in [5.41, 5.74) is 1.27. The predicted octanol–water partition coefficient (Wildman–Crippen LogP) is 1.69. The zero-order chi connectivity index (χ0) is 13.1. The molecule has 18 heavy (non-hydrogen) atoms. The largest absolute Gasteiger partial charge is 0.503 e. The predicted molar refractivity (Wildman–Crippen MR) is 61.8 cm³/mol. The molecule has 0 aliphatic rings. The van der Waals surface area contributed by atoms with Crippen LogP contribution in [0.25, 0.3) is 0 Å². The number of nitrogens with one attached hydrogen (secondary N) is 1. The summed E-state index contributed by atoms with van der Waals surface area (Å²) < 4.78 is 27.8. The Morgan fingerprint density at radius 2 is 1.94 bits per heavy atom. The Hall–Kier alpha value is -1.95. The minimum absolute atomic E-state index is 0.296. The Labute approximate surface area is 103 Å². The van der Waals surface area contributed by atoms with Gasteiger partial charge in [0.25, 0.3) is 0 Å². The van der Waals surface area contributed by atoms with Gasteiger partial charge in [0.15, 0.2) is 17.4 Å². The lowest BCUT2D eigenvalue weighted by atomic mass is 10.2. The summed E-state index contributed by atoms with van der Waals surface area (Å²) in [6, 6.07) is 4.05. The Bertz CT molecular complexity index is 531. The Balaban J connectivity index is 1.94. The number of aromatic hydroxyl groups is 1. The summed E-state index contributed by atoms with van der Waals surface area (Å²) in [4.78, 5) is 0. The average molecular weight is 253 g/mol. The highest BCUT2D eigenvalue weighted by atomic mass is 19.1. The molecule has 0 bridgehead atoms. The van der Waals surface area contributed by atoms with E-state index < -0.39 is 17.4 Å². The summed E-state index contributed by atoms with van der Waals surface area (Å²) >= 11 is 0. The van der Waals surface area contributed by atoms with Crippen molar-refractivity contribution in [3.8, 4) is 5.75 Å². The molecule has 0 amide bonds. The van der Waals surface area contributed by atoms with Gasteiger partial charge >= 0.3 is 0 Å². The van der Waals surface area contributed by atoms with Crippen LogP contribution in [0.1, 0.15) is 11.3 Å². The van der Waals surface area contributed by atoms with E-state index in [1.807, 2.05) is 19.3 Å². The number of aromatic nitrogens is 2. The summed E-state index contributed by atoms with van der Waals surface area (Å²) in [6.45, 7) is 0.801. The minimum atomic E-state index is -0.954. The lowest BCUT2D eigenvalue weighted by Crippen LogP contribution is -2.13. The smallest absolute Gasteiger partial charge is 0.187 e. The van der Waals surface area contributed by atoms with Crippen molar-refractivity contribution in [3.63, 3.8) is 0 Å². The van der Waals surface area contributed by atoms with Gasteiger partial charge < -0.3 is 10.4 Å². The first kappa shape index (κ1) is 12.5. The van der Waals surface area contributed by atoms with Crippen molar-refractivity contribution in [2.75, 3.05) is 0 Å². The van der Waals surface area contributed by atoms with Gasteiger partial charge in [-0.2, -0.15) is 5.10 Å². The number of aryl methyl sites for hydroxylation is 1. The first-order valence-electron chi connectivity index (χ1n) is 5.42. The molecule has 0 aliphatic heterocycles. The third kappa shape index (κ3) is 2.84. The second kappa shape index (κ2) is 5.14. The van der Waals surface area contributed by atoms with Gasteiger partial charge in [0.2, 0.25) is 0 Å². The molecule has 0 aliphatic carbocycles. The van der Waals surface area contributed by atoms with Gasteiger partial charge in [0.1, 0.15) is 0 Å². The molecule has 2 N–H and O–H groups in total. The van der Waals surface area contributed by atoms with Crippen LogP contribution in [0.3, 0.4) is 0 Å². The number of rotatable bonds is 4. The zero-order valence-corrected chi connectivity index (χ0v) is 9.82. The maximum atomic E-state index is 13.1. The third-order valence-electron chi connectivity index (χ3n) is 2.48. The highest BCUT2D eigenvalue weighted by Gasteiger charge is 2.09. The van der Waals surface area contributed by atoms with E-state index >= 15 is 0 Å². The number of phenolic OH excluding ortho intramolecular Hbond substituents is 1. The molecule has 1 aromatic carbocycles. The summed E-state index contributed by atoms with van der Waals surface area (Å²) in [6.07, 6.45) is 1.82. The van der Waals surface area contributed by atoms with E-state index in [2.05, 4.69) is 10.4 Å². The molecule has 1 heterocycles. The number of benzene rings is 1. The van der Waals surface area contributed by atoms with Crippen molar-refractivity contribution in [3.05, 3.63) is 47.3 Å². The molecule has 2 rings (SSSR count). The summed E-state index contributed by atoms with van der Waals surface area (Å²) in [5, 5.41) is 16.1. The fourth-order valence-corrected chi connectivity index (χ4v) is 1.61. The van der Waals surface area contributed by atoms with Crippen LogP contribution in [0.15, 0.2) is 24.4 Å². The number of nitrogens with zero attached hydrogens (tertiary/aromatic N) is 2. The fraction of sp³-hybridized carbons (Fsp3) is 0.250. The normalized spacial score (nSPS) is 10.8. The topological polar surface area (TPSA) is 50.1 Å². The van der Waals surface area contributed by atoms with E-state index in [0.717, 1.165) is 17.8 Å². The number of halogens is 2. The lowest BCUT2D eigenvalue weighted by molar-refractivity contribution is 0.395. The molecule has 0 saturated carbocycles. The first-order chi connectivity index (χ1) is 8.56. The number of hydrogen-bond acceptors (Lipinski definition) is 3. The number of hydrogen-bond donors (Lipinski definition) is 2. The van der Waals surface area contributed by atoms with Crippen LogP contribution >= 0.6 is 0 Å². The second-order valence-corrected chi connectivity index (χ2v) is 3.99. The van der Waals surface area contributed by atoms with Crippen LogP contribution in [0.5, 0.6) is 5.75 Å². The maximum absolute atomic E-state index is 13.1. The van der Waals surface area contributed by atoms with Gasteiger partial charge in [0.05, 0.1) is 5.69 Å². The third-order valence-corrected chi connectivity index (χ3v) is 2.48. The Morgan fingerprint density at radius 3 is 2.50 bits per heavy atom. The minimum Gasteiger partial charge on any atom is -0.503 e. The molecule has 0 spiro atoms. The van der Waals surface area contributed by atoms with E-state index in [-0.39, 0.29) is 0 Å². The van der Waals surface area contributed by atoms with E-state index in [1.54, 1.807) is 4.68 Å². The maximum Gasteiger partial charge on any atom is 0.187 e. The monoisotopic (exact) mass is 253 g/mol. The van der Waals surface area contributed by atoms with Crippen molar-refractivity contribution in [1.29, 1.82) is 0 Å². The quantitative estimate of drug-likeness (QED) is 0.871. The molecule has 1 aromatic heterocycles. The second-order valence-electron chi connectivity index (χ2n) is 3.99. The van der Waals surface area contributed by atoms with Gasteiger partial charge in [-0.25, -0.2) is 8.78 Å². The molecule has 0 saturated heterocycles. The van der Waals surface area contributed by atoms with Crippen LogP contribution in [0.2, 0.25) is 0 Å². The van der Waals surface area contributed by atoms with E-state index in [1.165, 1.54) is 0 Å². The zero-order valence-electron chi connectivity index (χ0n) is 9.82. The van der Waals surface area contributed by atoms with Crippen molar-refractivity contribution >= 4 is 0 Å². The Morgan fingerprint density at radius 1 is 1.28 bits per heavy atom. The molecule has 6 heteroatoms. The molecule has 96 valence electrons. The molecule has 0 fully saturated rings. The average Bonchev–Trinajstić information content (AvgIpc) is 2.72. The van der Waals surface area contributed by atoms with Crippen LogP contribution < -0.4 is 5.32 Å². The van der Waals surface area contributed by atoms with Crippen LogP contribution in [-0.2, 0) is 20.1 Å². The molecular formula is C12H13F2N3O. The van der Waals surface area contributed by atoms with E-state index in [0.29, 0.717) is 18.7 Å². The standard InChI is InChI=1S/C12H13F2N3O/c1-17-3-2-9(16-17)7-15-6-8-4-10(13)12(18)11(14)5-8/h2-5,15,18H,6-7H2,1H3. The Kier molecular flexibility index (Phi) is 3.57. The molecule has 0 atom stereocenters. The number of phenols is 1. The van der Waals surface area contributed by atoms with Crippen molar-refractivity contribution < 1.29 is 13.9 Å². The van der Waals surface area contributed by atoms with Crippen molar-refractivity contribution in [1.82, 2.24) is 15.1 Å². The van der Waals surface area contributed by atoms with Crippen molar-refractivity contribution in [2.45, 2.75) is 13.1 Å². The molecule has 0 radical (unpaired) electrons. The van der Waals surface area contributed by atoms with E-state index in [9.17, 15) is 8.78 Å². The van der Waals surface area contributed by atoms with Crippen LogP contribution in [0, 0.1) is 11.6 Å². The van der Waals surface area contributed by atoms with Gasteiger partial charge in [0, 0.05) is 26.3 Å². The molecule has 4 nitrogen and oxygen atoms in total. The van der Waals surface area contributed by atoms with Crippen LogP contribution in [-0.4, -0.2) is 14.9 Å². The van der Waals surface area contributed by atoms with Gasteiger partial charge in [-0.3, -0.25) is 4.68 Å². The fourth-order valence-electron chi connectivity index (χ4n) is 1.61. The molecular weight excluding hydrogens is 240 g/mol. The van der Waals surface area contributed by atoms with Crippen molar-refractivity contribution in [2.24, 2.45) is 7.05 Å². The van der Waals surface area contributed by atoms with Gasteiger partial charge in [-0.05, 0) is 23.8 Å².